The zero-order valence-electron chi connectivity index (χ0n) is 12.1. The van der Waals surface area contributed by atoms with E-state index in [1.54, 1.807) is 17.7 Å². The van der Waals surface area contributed by atoms with Crippen LogP contribution in [0.3, 0.4) is 0 Å². The SMILES string of the molecule is Cc1cc(NC2CCCN(Cc3ccc(Cl)s3)C2)ncn1. The first-order chi connectivity index (χ1) is 10.2. The van der Waals surface area contributed by atoms with Crippen LogP contribution in [0.4, 0.5) is 5.82 Å². The van der Waals surface area contributed by atoms with Crippen LogP contribution in [0.1, 0.15) is 23.4 Å². The summed E-state index contributed by atoms with van der Waals surface area (Å²) < 4.78 is 0.869. The fraction of sp³-hybridized carbons (Fsp3) is 0.467. The van der Waals surface area contributed by atoms with Crippen molar-refractivity contribution < 1.29 is 0 Å². The fourth-order valence-electron chi connectivity index (χ4n) is 2.72. The van der Waals surface area contributed by atoms with E-state index >= 15 is 0 Å². The van der Waals surface area contributed by atoms with Gasteiger partial charge < -0.3 is 5.32 Å². The van der Waals surface area contributed by atoms with Crippen molar-refractivity contribution in [3.05, 3.63) is 39.4 Å². The van der Waals surface area contributed by atoms with Crippen LogP contribution in [-0.2, 0) is 6.54 Å². The molecule has 0 saturated carbocycles. The van der Waals surface area contributed by atoms with Gasteiger partial charge >= 0.3 is 0 Å². The smallest absolute Gasteiger partial charge is 0.129 e. The quantitative estimate of drug-likeness (QED) is 0.934. The van der Waals surface area contributed by atoms with E-state index in [2.05, 4.69) is 26.3 Å². The van der Waals surface area contributed by atoms with E-state index in [0.717, 1.165) is 35.5 Å². The summed E-state index contributed by atoms with van der Waals surface area (Å²) in [6.45, 7) is 5.16. The van der Waals surface area contributed by atoms with E-state index in [4.69, 9.17) is 11.6 Å². The van der Waals surface area contributed by atoms with Gasteiger partial charge in [0.05, 0.1) is 4.34 Å². The third-order valence-electron chi connectivity index (χ3n) is 3.67. The summed E-state index contributed by atoms with van der Waals surface area (Å²) in [7, 11) is 0. The number of aryl methyl sites for hydroxylation is 1. The molecular weight excluding hydrogens is 304 g/mol. The number of hydrogen-bond acceptors (Lipinski definition) is 5. The second-order valence-electron chi connectivity index (χ2n) is 5.47. The monoisotopic (exact) mass is 322 g/mol. The van der Waals surface area contributed by atoms with Crippen molar-refractivity contribution in [3.8, 4) is 0 Å². The zero-order valence-corrected chi connectivity index (χ0v) is 13.6. The maximum Gasteiger partial charge on any atom is 0.129 e. The minimum atomic E-state index is 0.448. The summed E-state index contributed by atoms with van der Waals surface area (Å²) in [5.41, 5.74) is 0.994. The number of likely N-dealkylation sites (tertiary alicyclic amines) is 1. The summed E-state index contributed by atoms with van der Waals surface area (Å²) in [6.07, 6.45) is 4.01. The predicted octanol–water partition coefficient (Wildman–Crippen LogP) is 3.58. The molecule has 0 spiro atoms. The molecule has 0 bridgehead atoms. The lowest BCUT2D eigenvalue weighted by atomic mass is 10.1. The van der Waals surface area contributed by atoms with Crippen LogP contribution in [0.15, 0.2) is 24.5 Å². The first-order valence-corrected chi connectivity index (χ1v) is 8.40. The molecule has 1 fully saturated rings. The van der Waals surface area contributed by atoms with E-state index in [-0.39, 0.29) is 0 Å². The maximum atomic E-state index is 6.00. The standard InChI is InChI=1S/C15H19ClN4S/c1-11-7-15(18-10-17-11)19-12-3-2-6-20(8-12)9-13-4-5-14(16)21-13/h4-5,7,10,12H,2-3,6,8-9H2,1H3,(H,17,18,19). The van der Waals surface area contributed by atoms with Gasteiger partial charge in [-0.1, -0.05) is 11.6 Å². The lowest BCUT2D eigenvalue weighted by Crippen LogP contribution is -2.41. The Morgan fingerprint density at radius 1 is 1.43 bits per heavy atom. The predicted molar refractivity (Wildman–Crippen MR) is 88.0 cm³/mol. The van der Waals surface area contributed by atoms with Crippen molar-refractivity contribution in [3.63, 3.8) is 0 Å². The number of halogens is 1. The average Bonchev–Trinajstić information content (AvgIpc) is 2.84. The van der Waals surface area contributed by atoms with Crippen molar-refractivity contribution in [2.75, 3.05) is 18.4 Å². The van der Waals surface area contributed by atoms with Gasteiger partial charge in [-0.05, 0) is 38.4 Å². The van der Waals surface area contributed by atoms with E-state index in [9.17, 15) is 0 Å². The van der Waals surface area contributed by atoms with Gasteiger partial charge in [0.15, 0.2) is 0 Å². The number of rotatable bonds is 4. The zero-order chi connectivity index (χ0) is 14.7. The fourth-order valence-corrected chi connectivity index (χ4v) is 3.85. The van der Waals surface area contributed by atoms with Crippen LogP contribution in [0.2, 0.25) is 4.34 Å². The van der Waals surface area contributed by atoms with Crippen LogP contribution in [0, 0.1) is 6.92 Å². The minimum absolute atomic E-state index is 0.448. The molecule has 6 heteroatoms. The Balaban J connectivity index is 1.58. The van der Waals surface area contributed by atoms with Crippen LogP contribution in [0.25, 0.3) is 0 Å². The minimum Gasteiger partial charge on any atom is -0.366 e. The molecule has 3 rings (SSSR count). The van der Waals surface area contributed by atoms with E-state index in [1.165, 1.54) is 17.7 Å². The highest BCUT2D eigenvalue weighted by Gasteiger charge is 2.20. The number of thiophene rings is 1. The molecule has 4 nitrogen and oxygen atoms in total. The van der Waals surface area contributed by atoms with E-state index in [0.29, 0.717) is 6.04 Å². The first kappa shape index (κ1) is 14.8. The van der Waals surface area contributed by atoms with Crippen LogP contribution < -0.4 is 5.32 Å². The van der Waals surface area contributed by atoms with Crippen molar-refractivity contribution >= 4 is 28.8 Å². The van der Waals surface area contributed by atoms with E-state index < -0.39 is 0 Å². The van der Waals surface area contributed by atoms with Gasteiger partial charge in [0.2, 0.25) is 0 Å². The highest BCUT2D eigenvalue weighted by molar-refractivity contribution is 7.16. The molecule has 1 aliphatic heterocycles. The number of aromatic nitrogens is 2. The topological polar surface area (TPSA) is 41.0 Å². The molecule has 0 radical (unpaired) electrons. The summed E-state index contributed by atoms with van der Waals surface area (Å²) >= 11 is 7.67. The number of nitrogens with zero attached hydrogens (tertiary/aromatic N) is 3. The highest BCUT2D eigenvalue weighted by Crippen LogP contribution is 2.24. The largest absolute Gasteiger partial charge is 0.366 e. The lowest BCUT2D eigenvalue weighted by Gasteiger charge is -2.33. The third-order valence-corrected chi connectivity index (χ3v) is 4.89. The molecule has 2 aromatic heterocycles. The van der Waals surface area contributed by atoms with Gasteiger partial charge in [0.1, 0.15) is 12.1 Å². The molecule has 0 aliphatic carbocycles. The second kappa shape index (κ2) is 6.73. The Labute approximate surface area is 134 Å². The molecule has 1 atom stereocenters. The first-order valence-electron chi connectivity index (χ1n) is 7.21. The molecule has 21 heavy (non-hydrogen) atoms. The summed E-state index contributed by atoms with van der Waals surface area (Å²) in [5.74, 6) is 0.925. The van der Waals surface area contributed by atoms with E-state index in [1.807, 2.05) is 19.1 Å². The van der Waals surface area contributed by atoms with Gasteiger partial charge in [-0.2, -0.15) is 0 Å². The van der Waals surface area contributed by atoms with Gasteiger partial charge in [-0.15, -0.1) is 11.3 Å². The maximum absolute atomic E-state index is 6.00. The summed E-state index contributed by atoms with van der Waals surface area (Å²) in [5, 5.41) is 3.53. The van der Waals surface area contributed by atoms with Crippen molar-refractivity contribution in [1.82, 2.24) is 14.9 Å². The van der Waals surface area contributed by atoms with Crippen LogP contribution >= 0.6 is 22.9 Å². The Morgan fingerprint density at radius 2 is 2.33 bits per heavy atom. The molecule has 1 N–H and O–H groups in total. The Hall–Kier alpha value is -1.17. The Bertz CT molecular complexity index is 601. The number of piperidine rings is 1. The molecule has 0 amide bonds. The summed E-state index contributed by atoms with van der Waals surface area (Å²) in [6, 6.07) is 6.55. The Kier molecular flexibility index (Phi) is 4.73. The summed E-state index contributed by atoms with van der Waals surface area (Å²) in [4.78, 5) is 12.2. The molecule has 2 aromatic rings. The average molecular weight is 323 g/mol. The molecule has 3 heterocycles. The molecule has 1 aliphatic rings. The molecular formula is C15H19ClN4S. The van der Waals surface area contributed by atoms with Crippen molar-refractivity contribution in [1.29, 1.82) is 0 Å². The molecule has 1 unspecified atom stereocenters. The van der Waals surface area contributed by atoms with Crippen molar-refractivity contribution in [2.24, 2.45) is 0 Å². The van der Waals surface area contributed by atoms with Crippen molar-refractivity contribution in [2.45, 2.75) is 32.4 Å². The van der Waals surface area contributed by atoms with Crippen LogP contribution in [-0.4, -0.2) is 34.0 Å². The normalized spacial score (nSPS) is 19.6. The number of anilines is 1. The van der Waals surface area contributed by atoms with Gasteiger partial charge in [-0.3, -0.25) is 4.90 Å². The molecule has 0 aromatic carbocycles. The number of nitrogens with one attached hydrogen (secondary N) is 1. The lowest BCUT2D eigenvalue weighted by molar-refractivity contribution is 0.210. The van der Waals surface area contributed by atoms with Crippen LogP contribution in [0.5, 0.6) is 0 Å². The highest BCUT2D eigenvalue weighted by atomic mass is 35.5. The van der Waals surface area contributed by atoms with Gasteiger partial charge in [0.25, 0.3) is 0 Å². The van der Waals surface area contributed by atoms with Gasteiger partial charge in [0, 0.05) is 35.8 Å². The second-order valence-corrected chi connectivity index (χ2v) is 7.27. The molecule has 1 saturated heterocycles. The number of hydrogen-bond donors (Lipinski definition) is 1. The third kappa shape index (κ3) is 4.15. The molecule has 112 valence electrons. The van der Waals surface area contributed by atoms with Gasteiger partial charge in [-0.25, -0.2) is 9.97 Å². The Morgan fingerprint density at radius 3 is 3.10 bits per heavy atom.